The Morgan fingerprint density at radius 1 is 1.05 bits per heavy atom. The van der Waals surface area contributed by atoms with Crippen molar-refractivity contribution in [1.29, 1.82) is 0 Å². The molecule has 2 aromatic rings. The summed E-state index contributed by atoms with van der Waals surface area (Å²) in [6.45, 7) is 0. The van der Waals surface area contributed by atoms with Crippen LogP contribution in [0, 0.1) is 5.82 Å². The van der Waals surface area contributed by atoms with Crippen LogP contribution in [0.5, 0.6) is 0 Å². The molecule has 0 unspecified atom stereocenters. The lowest BCUT2D eigenvalue weighted by atomic mass is 9.71. The maximum atomic E-state index is 13.6. The zero-order valence-electron chi connectivity index (χ0n) is 11.8. The number of hydrogen-bond acceptors (Lipinski definition) is 1. The SMILES string of the molecule is O=C(Cc1ccccc1F)NC1(c2ccccc2)CCC1. The molecule has 0 heterocycles. The molecule has 3 heteroatoms. The number of nitrogens with one attached hydrogen (secondary N) is 1. The molecule has 3 rings (SSSR count). The topological polar surface area (TPSA) is 29.1 Å². The van der Waals surface area contributed by atoms with Crippen molar-refractivity contribution in [2.45, 2.75) is 31.2 Å². The van der Waals surface area contributed by atoms with Crippen molar-refractivity contribution >= 4 is 5.91 Å². The highest BCUT2D eigenvalue weighted by Gasteiger charge is 2.39. The molecule has 108 valence electrons. The largest absolute Gasteiger partial charge is 0.346 e. The third kappa shape index (κ3) is 2.82. The van der Waals surface area contributed by atoms with Crippen molar-refractivity contribution in [2.24, 2.45) is 0 Å². The molecule has 0 atom stereocenters. The Morgan fingerprint density at radius 2 is 1.71 bits per heavy atom. The van der Waals surface area contributed by atoms with Gasteiger partial charge in [-0.15, -0.1) is 0 Å². The van der Waals surface area contributed by atoms with Crippen LogP contribution in [0.25, 0.3) is 0 Å². The van der Waals surface area contributed by atoms with Gasteiger partial charge in [0.15, 0.2) is 0 Å². The summed E-state index contributed by atoms with van der Waals surface area (Å²) in [6.07, 6.45) is 3.08. The quantitative estimate of drug-likeness (QED) is 0.913. The molecule has 0 radical (unpaired) electrons. The van der Waals surface area contributed by atoms with Gasteiger partial charge in [0.25, 0.3) is 0 Å². The number of carbonyl (C=O) groups is 1. The van der Waals surface area contributed by atoms with Gasteiger partial charge in [-0.2, -0.15) is 0 Å². The second-order valence-corrected chi connectivity index (χ2v) is 5.62. The number of amides is 1. The summed E-state index contributed by atoms with van der Waals surface area (Å²) in [4.78, 5) is 12.3. The van der Waals surface area contributed by atoms with E-state index in [1.165, 1.54) is 6.07 Å². The summed E-state index contributed by atoms with van der Waals surface area (Å²) in [5.74, 6) is -0.446. The van der Waals surface area contributed by atoms with E-state index in [-0.39, 0.29) is 23.7 Å². The van der Waals surface area contributed by atoms with Crippen molar-refractivity contribution in [1.82, 2.24) is 5.32 Å². The van der Waals surface area contributed by atoms with Crippen molar-refractivity contribution in [3.8, 4) is 0 Å². The van der Waals surface area contributed by atoms with Gasteiger partial charge in [0, 0.05) is 0 Å². The predicted molar refractivity (Wildman–Crippen MR) is 80.2 cm³/mol. The lowest BCUT2D eigenvalue weighted by molar-refractivity contribution is -0.123. The van der Waals surface area contributed by atoms with E-state index in [1.54, 1.807) is 18.2 Å². The van der Waals surface area contributed by atoms with Crippen molar-refractivity contribution in [3.05, 3.63) is 71.5 Å². The molecule has 2 aromatic carbocycles. The molecule has 0 spiro atoms. The predicted octanol–water partition coefficient (Wildman–Crippen LogP) is 3.56. The molecular weight excluding hydrogens is 265 g/mol. The first kappa shape index (κ1) is 13.8. The van der Waals surface area contributed by atoms with Crippen LogP contribution in [-0.2, 0) is 16.8 Å². The van der Waals surface area contributed by atoms with Gasteiger partial charge in [0.2, 0.25) is 5.91 Å². The number of hydrogen-bond donors (Lipinski definition) is 1. The van der Waals surface area contributed by atoms with Crippen molar-refractivity contribution < 1.29 is 9.18 Å². The average molecular weight is 283 g/mol. The van der Waals surface area contributed by atoms with E-state index in [1.807, 2.05) is 30.3 Å². The summed E-state index contributed by atoms with van der Waals surface area (Å²) >= 11 is 0. The van der Waals surface area contributed by atoms with Crippen LogP contribution in [0.3, 0.4) is 0 Å². The van der Waals surface area contributed by atoms with Crippen LogP contribution in [0.4, 0.5) is 4.39 Å². The van der Waals surface area contributed by atoms with E-state index in [0.29, 0.717) is 5.56 Å². The zero-order valence-corrected chi connectivity index (χ0v) is 11.8. The van der Waals surface area contributed by atoms with Gasteiger partial charge in [0.1, 0.15) is 5.82 Å². The fraction of sp³-hybridized carbons (Fsp3) is 0.278. The normalized spacial score (nSPS) is 16.0. The minimum absolute atomic E-state index is 0.0846. The van der Waals surface area contributed by atoms with E-state index >= 15 is 0 Å². The van der Waals surface area contributed by atoms with Gasteiger partial charge in [-0.1, -0.05) is 48.5 Å². The Kier molecular flexibility index (Phi) is 3.74. The molecule has 0 bridgehead atoms. The maximum absolute atomic E-state index is 13.6. The minimum atomic E-state index is -0.324. The molecule has 2 nitrogen and oxygen atoms in total. The third-order valence-corrected chi connectivity index (χ3v) is 4.22. The smallest absolute Gasteiger partial charge is 0.225 e. The fourth-order valence-electron chi connectivity index (χ4n) is 2.90. The maximum Gasteiger partial charge on any atom is 0.225 e. The second-order valence-electron chi connectivity index (χ2n) is 5.62. The van der Waals surface area contributed by atoms with Gasteiger partial charge >= 0.3 is 0 Å². The van der Waals surface area contributed by atoms with Gasteiger partial charge in [-0.25, -0.2) is 4.39 Å². The first-order valence-corrected chi connectivity index (χ1v) is 7.30. The van der Waals surface area contributed by atoms with Crippen molar-refractivity contribution in [3.63, 3.8) is 0 Å². The Bertz CT molecular complexity index is 635. The standard InChI is InChI=1S/C18H18FNO/c19-16-10-5-4-7-14(16)13-17(21)20-18(11-6-12-18)15-8-2-1-3-9-15/h1-5,7-10H,6,11-13H2,(H,20,21). The van der Waals surface area contributed by atoms with E-state index in [0.717, 1.165) is 24.8 Å². The lowest BCUT2D eigenvalue weighted by Crippen LogP contribution is -2.51. The van der Waals surface area contributed by atoms with Crippen LogP contribution in [0.2, 0.25) is 0 Å². The monoisotopic (exact) mass is 283 g/mol. The summed E-state index contributed by atoms with van der Waals surface area (Å²) in [7, 11) is 0. The Hall–Kier alpha value is -2.16. The Balaban J connectivity index is 1.73. The van der Waals surface area contributed by atoms with Crippen LogP contribution in [0.15, 0.2) is 54.6 Å². The second kappa shape index (κ2) is 5.68. The van der Waals surface area contributed by atoms with E-state index in [9.17, 15) is 9.18 Å². The van der Waals surface area contributed by atoms with Crippen LogP contribution in [0.1, 0.15) is 30.4 Å². The Morgan fingerprint density at radius 3 is 2.33 bits per heavy atom. The van der Waals surface area contributed by atoms with E-state index < -0.39 is 0 Å². The summed E-state index contributed by atoms with van der Waals surface area (Å²) in [5.41, 5.74) is 1.32. The summed E-state index contributed by atoms with van der Waals surface area (Å²) in [5, 5.41) is 3.12. The molecule has 0 saturated heterocycles. The molecule has 1 N–H and O–H groups in total. The van der Waals surface area contributed by atoms with Crippen LogP contribution >= 0.6 is 0 Å². The molecule has 0 aliphatic heterocycles. The average Bonchev–Trinajstić information content (AvgIpc) is 2.46. The summed E-state index contributed by atoms with van der Waals surface area (Å²) < 4.78 is 13.6. The molecule has 1 saturated carbocycles. The van der Waals surface area contributed by atoms with Crippen LogP contribution < -0.4 is 5.32 Å². The number of halogens is 1. The first-order chi connectivity index (χ1) is 10.2. The van der Waals surface area contributed by atoms with E-state index in [2.05, 4.69) is 5.32 Å². The highest BCUT2D eigenvalue weighted by Crippen LogP contribution is 2.41. The van der Waals surface area contributed by atoms with Crippen molar-refractivity contribution in [2.75, 3.05) is 0 Å². The molecule has 1 fully saturated rings. The lowest BCUT2D eigenvalue weighted by Gasteiger charge is -2.43. The highest BCUT2D eigenvalue weighted by atomic mass is 19.1. The molecule has 1 amide bonds. The first-order valence-electron chi connectivity index (χ1n) is 7.30. The van der Waals surface area contributed by atoms with Crippen LogP contribution in [-0.4, -0.2) is 5.91 Å². The molecule has 0 aromatic heterocycles. The molecular formula is C18H18FNO. The van der Waals surface area contributed by atoms with Gasteiger partial charge in [0.05, 0.1) is 12.0 Å². The zero-order chi connectivity index (χ0) is 14.7. The fourth-order valence-corrected chi connectivity index (χ4v) is 2.90. The highest BCUT2D eigenvalue weighted by molar-refractivity contribution is 5.79. The van der Waals surface area contributed by atoms with E-state index in [4.69, 9.17) is 0 Å². The molecule has 1 aliphatic carbocycles. The Labute approximate surface area is 124 Å². The summed E-state index contributed by atoms with van der Waals surface area (Å²) in [6, 6.07) is 16.5. The molecule has 1 aliphatic rings. The van der Waals surface area contributed by atoms with Gasteiger partial charge < -0.3 is 5.32 Å². The van der Waals surface area contributed by atoms with Gasteiger partial charge in [-0.05, 0) is 36.5 Å². The number of benzene rings is 2. The number of carbonyl (C=O) groups excluding carboxylic acids is 1. The third-order valence-electron chi connectivity index (χ3n) is 4.22. The molecule has 21 heavy (non-hydrogen) atoms. The minimum Gasteiger partial charge on any atom is -0.346 e. The van der Waals surface area contributed by atoms with Gasteiger partial charge in [-0.3, -0.25) is 4.79 Å². The number of rotatable bonds is 4.